The molecule has 2 aromatic rings. The van der Waals surface area contributed by atoms with Gasteiger partial charge in [-0.3, -0.25) is 9.69 Å². The molecule has 2 N–H and O–H groups in total. The smallest absolute Gasteiger partial charge is 0.241 e. The number of nitrogens with one attached hydrogen (secondary N) is 2. The van der Waals surface area contributed by atoms with E-state index < -0.39 is 0 Å². The van der Waals surface area contributed by atoms with Crippen molar-refractivity contribution in [3.05, 3.63) is 65.7 Å². The van der Waals surface area contributed by atoms with Gasteiger partial charge in [-0.25, -0.2) is 10.9 Å². The summed E-state index contributed by atoms with van der Waals surface area (Å²) in [6.45, 7) is 2.56. The molecule has 2 aliphatic heterocycles. The Hall–Kier alpha value is -2.41. The summed E-state index contributed by atoms with van der Waals surface area (Å²) in [6, 6.07) is 18.9. The zero-order valence-electron chi connectivity index (χ0n) is 17.9. The molecule has 4 rings (SSSR count). The van der Waals surface area contributed by atoms with Crippen LogP contribution < -0.4 is 15.6 Å². The SMILES string of the molecule is COc1ccc(C2CC(C(=O)N3CCCC(N(C)Cc4ccccc4)C3)NN2)cc1. The maximum absolute atomic E-state index is 13.2. The summed E-state index contributed by atoms with van der Waals surface area (Å²) in [5.41, 5.74) is 9.00. The molecule has 2 fully saturated rings. The molecule has 0 aliphatic carbocycles. The van der Waals surface area contributed by atoms with Gasteiger partial charge in [-0.1, -0.05) is 42.5 Å². The van der Waals surface area contributed by atoms with E-state index in [9.17, 15) is 4.79 Å². The Morgan fingerprint density at radius 1 is 1.13 bits per heavy atom. The number of rotatable bonds is 6. The fourth-order valence-electron chi connectivity index (χ4n) is 4.51. The van der Waals surface area contributed by atoms with Crippen LogP contribution in [-0.4, -0.2) is 55.0 Å². The molecule has 0 saturated carbocycles. The molecule has 2 aliphatic rings. The number of ether oxygens (including phenoxy) is 1. The molecule has 6 nitrogen and oxygen atoms in total. The number of nitrogens with zero attached hydrogens (tertiary/aromatic N) is 2. The standard InChI is InChI=1S/C24H32N4O2/c1-27(16-18-7-4-3-5-8-18)20-9-6-14-28(17-20)24(29)23-15-22(25-26-23)19-10-12-21(30-2)13-11-19/h3-5,7-8,10-13,20,22-23,25-26H,6,9,14-17H2,1-2H3. The number of methoxy groups -OCH3 is 1. The van der Waals surface area contributed by atoms with Gasteiger partial charge in [0.15, 0.2) is 0 Å². The van der Waals surface area contributed by atoms with Gasteiger partial charge in [0.2, 0.25) is 5.91 Å². The predicted octanol–water partition coefficient (Wildman–Crippen LogP) is 2.73. The highest BCUT2D eigenvalue weighted by Gasteiger charge is 2.35. The third-order valence-corrected chi connectivity index (χ3v) is 6.33. The number of hydrogen-bond acceptors (Lipinski definition) is 5. The van der Waals surface area contributed by atoms with Crippen LogP contribution in [-0.2, 0) is 11.3 Å². The average molecular weight is 409 g/mol. The first-order valence-electron chi connectivity index (χ1n) is 10.8. The van der Waals surface area contributed by atoms with Gasteiger partial charge in [-0.05, 0) is 49.6 Å². The van der Waals surface area contributed by atoms with Crippen LogP contribution >= 0.6 is 0 Å². The van der Waals surface area contributed by atoms with E-state index in [0.717, 1.165) is 50.2 Å². The van der Waals surface area contributed by atoms with Crippen molar-refractivity contribution in [2.24, 2.45) is 0 Å². The first-order chi connectivity index (χ1) is 14.6. The number of likely N-dealkylation sites (N-methyl/N-ethyl adjacent to an activating group) is 1. The third kappa shape index (κ3) is 4.83. The Balaban J connectivity index is 1.32. The van der Waals surface area contributed by atoms with E-state index in [2.05, 4.69) is 59.2 Å². The van der Waals surface area contributed by atoms with Crippen molar-refractivity contribution in [1.29, 1.82) is 0 Å². The maximum atomic E-state index is 13.2. The van der Waals surface area contributed by atoms with Gasteiger partial charge in [-0.15, -0.1) is 0 Å². The highest BCUT2D eigenvalue weighted by molar-refractivity contribution is 5.82. The Morgan fingerprint density at radius 3 is 2.63 bits per heavy atom. The minimum Gasteiger partial charge on any atom is -0.497 e. The number of amides is 1. The van der Waals surface area contributed by atoms with Crippen molar-refractivity contribution in [2.75, 3.05) is 27.2 Å². The normalized spacial score (nSPS) is 24.2. The van der Waals surface area contributed by atoms with E-state index in [-0.39, 0.29) is 18.0 Å². The minimum atomic E-state index is -0.185. The highest BCUT2D eigenvalue weighted by Crippen LogP contribution is 2.26. The molecular weight excluding hydrogens is 376 g/mol. The van der Waals surface area contributed by atoms with E-state index in [0.29, 0.717) is 6.04 Å². The Labute approximate surface area is 179 Å². The lowest BCUT2D eigenvalue weighted by Crippen LogP contribution is -2.53. The van der Waals surface area contributed by atoms with Crippen molar-refractivity contribution >= 4 is 5.91 Å². The molecule has 160 valence electrons. The first kappa shape index (κ1) is 20.8. The summed E-state index contributed by atoms with van der Waals surface area (Å²) in [5.74, 6) is 1.05. The summed E-state index contributed by atoms with van der Waals surface area (Å²) in [4.78, 5) is 17.6. The van der Waals surface area contributed by atoms with Gasteiger partial charge in [0, 0.05) is 31.7 Å². The van der Waals surface area contributed by atoms with Gasteiger partial charge < -0.3 is 9.64 Å². The number of hydrazine groups is 1. The highest BCUT2D eigenvalue weighted by atomic mass is 16.5. The second kappa shape index (κ2) is 9.60. The molecular formula is C24H32N4O2. The number of hydrogen-bond donors (Lipinski definition) is 2. The fraction of sp³-hybridized carbons (Fsp3) is 0.458. The van der Waals surface area contributed by atoms with Crippen LogP contribution in [0, 0.1) is 0 Å². The van der Waals surface area contributed by atoms with Gasteiger partial charge >= 0.3 is 0 Å². The average Bonchev–Trinajstić information content (AvgIpc) is 3.30. The van der Waals surface area contributed by atoms with Crippen LogP contribution in [0.4, 0.5) is 0 Å². The maximum Gasteiger partial charge on any atom is 0.241 e. The second-order valence-corrected chi connectivity index (χ2v) is 8.38. The molecule has 0 aromatic heterocycles. The molecule has 2 heterocycles. The van der Waals surface area contributed by atoms with Crippen LogP contribution in [0.15, 0.2) is 54.6 Å². The molecule has 30 heavy (non-hydrogen) atoms. The summed E-state index contributed by atoms with van der Waals surface area (Å²) >= 11 is 0. The molecule has 6 heteroatoms. The largest absolute Gasteiger partial charge is 0.497 e. The quantitative estimate of drug-likeness (QED) is 0.770. The Morgan fingerprint density at radius 2 is 1.90 bits per heavy atom. The summed E-state index contributed by atoms with van der Waals surface area (Å²) in [7, 11) is 3.84. The number of piperidine rings is 1. The summed E-state index contributed by atoms with van der Waals surface area (Å²) in [6.07, 6.45) is 2.95. The first-order valence-corrected chi connectivity index (χ1v) is 10.8. The van der Waals surface area contributed by atoms with E-state index in [1.165, 1.54) is 5.56 Å². The Bertz CT molecular complexity index is 827. The predicted molar refractivity (Wildman–Crippen MR) is 118 cm³/mol. The number of likely N-dealkylation sites (tertiary alicyclic amines) is 1. The lowest BCUT2D eigenvalue weighted by molar-refractivity contribution is -0.135. The lowest BCUT2D eigenvalue weighted by atomic mass is 9.99. The monoisotopic (exact) mass is 408 g/mol. The van der Waals surface area contributed by atoms with Crippen molar-refractivity contribution in [3.63, 3.8) is 0 Å². The zero-order valence-corrected chi connectivity index (χ0v) is 17.9. The summed E-state index contributed by atoms with van der Waals surface area (Å²) in [5, 5.41) is 0. The van der Waals surface area contributed by atoms with Gasteiger partial charge in [0.25, 0.3) is 0 Å². The molecule has 2 saturated heterocycles. The molecule has 3 atom stereocenters. The van der Waals surface area contributed by atoms with E-state index >= 15 is 0 Å². The summed E-state index contributed by atoms with van der Waals surface area (Å²) < 4.78 is 5.24. The number of carbonyl (C=O) groups is 1. The van der Waals surface area contributed by atoms with Gasteiger partial charge in [-0.2, -0.15) is 0 Å². The Kier molecular flexibility index (Phi) is 6.67. The molecule has 1 amide bonds. The van der Waals surface area contributed by atoms with Gasteiger partial charge in [0.05, 0.1) is 7.11 Å². The number of benzene rings is 2. The van der Waals surface area contributed by atoms with E-state index in [4.69, 9.17) is 4.74 Å². The van der Waals surface area contributed by atoms with E-state index in [1.54, 1.807) is 7.11 Å². The van der Waals surface area contributed by atoms with Crippen LogP contribution in [0.1, 0.15) is 36.4 Å². The molecule has 0 radical (unpaired) electrons. The van der Waals surface area contributed by atoms with Crippen LogP contribution in [0.25, 0.3) is 0 Å². The molecule has 2 aromatic carbocycles. The van der Waals surface area contributed by atoms with Crippen molar-refractivity contribution in [2.45, 2.75) is 43.9 Å². The van der Waals surface area contributed by atoms with Crippen LogP contribution in [0.2, 0.25) is 0 Å². The zero-order chi connectivity index (χ0) is 20.9. The minimum absolute atomic E-state index is 0.131. The third-order valence-electron chi connectivity index (χ3n) is 6.33. The van der Waals surface area contributed by atoms with Crippen molar-refractivity contribution in [1.82, 2.24) is 20.7 Å². The topological polar surface area (TPSA) is 56.8 Å². The molecule has 0 spiro atoms. The second-order valence-electron chi connectivity index (χ2n) is 8.38. The van der Waals surface area contributed by atoms with Crippen LogP contribution in [0.5, 0.6) is 5.75 Å². The van der Waals surface area contributed by atoms with Gasteiger partial charge in [0.1, 0.15) is 11.8 Å². The van der Waals surface area contributed by atoms with Crippen molar-refractivity contribution < 1.29 is 9.53 Å². The number of carbonyl (C=O) groups excluding carboxylic acids is 1. The van der Waals surface area contributed by atoms with Crippen LogP contribution in [0.3, 0.4) is 0 Å². The van der Waals surface area contributed by atoms with Crippen molar-refractivity contribution in [3.8, 4) is 5.75 Å². The van der Waals surface area contributed by atoms with E-state index in [1.807, 2.05) is 23.1 Å². The fourth-order valence-corrected chi connectivity index (χ4v) is 4.51. The lowest BCUT2D eigenvalue weighted by Gasteiger charge is -2.38. The molecule has 3 unspecified atom stereocenters. The molecule has 0 bridgehead atoms.